The predicted octanol–water partition coefficient (Wildman–Crippen LogP) is 2.48. The van der Waals surface area contributed by atoms with E-state index in [9.17, 15) is 0 Å². The van der Waals surface area contributed by atoms with Gasteiger partial charge in [0.2, 0.25) is 5.88 Å². The fourth-order valence-corrected chi connectivity index (χ4v) is 1.62. The zero-order chi connectivity index (χ0) is 12.5. The first-order chi connectivity index (χ1) is 8.29. The summed E-state index contributed by atoms with van der Waals surface area (Å²) in [5, 5.41) is 3.20. The number of halogens is 1. The zero-order valence-electron chi connectivity index (χ0n) is 10.2. The fraction of sp³-hybridized carbons (Fsp3) is 0.636. The fourth-order valence-electron chi connectivity index (χ4n) is 1.16. The van der Waals surface area contributed by atoms with Gasteiger partial charge in [-0.15, -0.1) is 0 Å². The average molecular weight is 304 g/mol. The Balaban J connectivity index is 2.53. The summed E-state index contributed by atoms with van der Waals surface area (Å²) in [5.74, 6) is 1.30. The molecule has 0 aliphatic rings. The van der Waals surface area contributed by atoms with Crippen LogP contribution in [0.15, 0.2) is 10.8 Å². The maximum atomic E-state index is 5.50. The SMILES string of the molecule is CCCNc1ncnc(OCCOCC)c1Br. The largest absolute Gasteiger partial charge is 0.474 e. The number of nitrogens with zero attached hydrogens (tertiary/aromatic N) is 2. The minimum Gasteiger partial charge on any atom is -0.474 e. The van der Waals surface area contributed by atoms with Gasteiger partial charge in [-0.2, -0.15) is 0 Å². The van der Waals surface area contributed by atoms with Crippen molar-refractivity contribution in [2.24, 2.45) is 0 Å². The maximum Gasteiger partial charge on any atom is 0.233 e. The molecule has 17 heavy (non-hydrogen) atoms. The van der Waals surface area contributed by atoms with E-state index in [-0.39, 0.29) is 0 Å². The molecule has 1 aromatic heterocycles. The first-order valence-electron chi connectivity index (χ1n) is 5.74. The van der Waals surface area contributed by atoms with Crippen molar-refractivity contribution in [1.82, 2.24) is 9.97 Å². The highest BCUT2D eigenvalue weighted by molar-refractivity contribution is 9.10. The highest BCUT2D eigenvalue weighted by Crippen LogP contribution is 2.28. The maximum absolute atomic E-state index is 5.50. The van der Waals surface area contributed by atoms with Crippen molar-refractivity contribution in [2.75, 3.05) is 31.7 Å². The standard InChI is InChI=1S/C11H18BrN3O2/c1-3-5-13-10-9(12)11(15-8-14-10)17-7-6-16-4-2/h8H,3-7H2,1-2H3,(H,13,14,15). The van der Waals surface area contributed by atoms with Gasteiger partial charge in [0, 0.05) is 13.2 Å². The van der Waals surface area contributed by atoms with Crippen LogP contribution in [-0.2, 0) is 4.74 Å². The van der Waals surface area contributed by atoms with Crippen LogP contribution in [0, 0.1) is 0 Å². The minimum atomic E-state index is 0.483. The molecule has 1 heterocycles. The van der Waals surface area contributed by atoms with Crippen molar-refractivity contribution in [1.29, 1.82) is 0 Å². The van der Waals surface area contributed by atoms with Gasteiger partial charge in [-0.25, -0.2) is 9.97 Å². The number of nitrogens with one attached hydrogen (secondary N) is 1. The molecule has 0 aliphatic carbocycles. The van der Waals surface area contributed by atoms with E-state index in [1.54, 1.807) is 0 Å². The Labute approximate surface area is 110 Å². The number of rotatable bonds is 8. The highest BCUT2D eigenvalue weighted by atomic mass is 79.9. The molecular formula is C11H18BrN3O2. The molecule has 96 valence electrons. The van der Waals surface area contributed by atoms with Gasteiger partial charge < -0.3 is 14.8 Å². The smallest absolute Gasteiger partial charge is 0.233 e. The number of hydrogen-bond donors (Lipinski definition) is 1. The summed E-state index contributed by atoms with van der Waals surface area (Å²) in [7, 11) is 0. The second-order valence-corrected chi connectivity index (χ2v) is 4.11. The Kier molecular flexibility index (Phi) is 6.88. The third kappa shape index (κ3) is 4.87. The molecule has 0 amide bonds. The lowest BCUT2D eigenvalue weighted by molar-refractivity contribution is 0.108. The van der Waals surface area contributed by atoms with E-state index < -0.39 is 0 Å². The molecular weight excluding hydrogens is 286 g/mol. The number of aromatic nitrogens is 2. The first-order valence-corrected chi connectivity index (χ1v) is 6.53. The molecule has 6 heteroatoms. The molecule has 0 aliphatic heterocycles. The molecule has 0 saturated heterocycles. The molecule has 5 nitrogen and oxygen atoms in total. The first kappa shape index (κ1) is 14.2. The number of ether oxygens (including phenoxy) is 2. The summed E-state index contributed by atoms with van der Waals surface area (Å²) < 4.78 is 11.4. The van der Waals surface area contributed by atoms with E-state index in [0.717, 1.165) is 23.3 Å². The second kappa shape index (κ2) is 8.25. The lowest BCUT2D eigenvalue weighted by Gasteiger charge is -2.10. The highest BCUT2D eigenvalue weighted by Gasteiger charge is 2.08. The van der Waals surface area contributed by atoms with Crippen LogP contribution in [-0.4, -0.2) is 36.3 Å². The van der Waals surface area contributed by atoms with E-state index in [2.05, 4.69) is 38.1 Å². The van der Waals surface area contributed by atoms with E-state index in [1.807, 2.05) is 6.92 Å². The van der Waals surface area contributed by atoms with Gasteiger partial charge >= 0.3 is 0 Å². The summed E-state index contributed by atoms with van der Waals surface area (Å²) in [4.78, 5) is 8.21. The quantitative estimate of drug-likeness (QED) is 0.748. The molecule has 0 fully saturated rings. The molecule has 0 radical (unpaired) electrons. The summed E-state index contributed by atoms with van der Waals surface area (Å²) in [6, 6.07) is 0. The van der Waals surface area contributed by atoms with Crippen LogP contribution in [0.3, 0.4) is 0 Å². The molecule has 1 aromatic rings. The van der Waals surface area contributed by atoms with E-state index >= 15 is 0 Å². The Morgan fingerprint density at radius 1 is 1.29 bits per heavy atom. The Hall–Kier alpha value is -0.880. The van der Waals surface area contributed by atoms with Crippen LogP contribution in [0.2, 0.25) is 0 Å². The minimum absolute atomic E-state index is 0.483. The van der Waals surface area contributed by atoms with E-state index in [1.165, 1.54) is 6.33 Å². The normalized spacial score (nSPS) is 10.3. The van der Waals surface area contributed by atoms with Crippen molar-refractivity contribution < 1.29 is 9.47 Å². The van der Waals surface area contributed by atoms with Crippen molar-refractivity contribution in [3.63, 3.8) is 0 Å². The van der Waals surface area contributed by atoms with Crippen LogP contribution >= 0.6 is 15.9 Å². The average Bonchev–Trinajstić information content (AvgIpc) is 2.35. The van der Waals surface area contributed by atoms with Gasteiger partial charge in [0.25, 0.3) is 0 Å². The number of anilines is 1. The van der Waals surface area contributed by atoms with Crippen LogP contribution in [0.1, 0.15) is 20.3 Å². The van der Waals surface area contributed by atoms with Gasteiger partial charge in [-0.3, -0.25) is 0 Å². The summed E-state index contributed by atoms with van der Waals surface area (Å²) >= 11 is 3.43. The molecule has 0 unspecified atom stereocenters. The summed E-state index contributed by atoms with van der Waals surface area (Å²) in [6.07, 6.45) is 2.52. The van der Waals surface area contributed by atoms with E-state index in [4.69, 9.17) is 9.47 Å². The molecule has 0 aromatic carbocycles. The molecule has 1 rings (SSSR count). The van der Waals surface area contributed by atoms with Gasteiger partial charge in [0.1, 0.15) is 23.2 Å². The second-order valence-electron chi connectivity index (χ2n) is 3.31. The van der Waals surface area contributed by atoms with Crippen molar-refractivity contribution in [2.45, 2.75) is 20.3 Å². The molecule has 1 N–H and O–H groups in total. The van der Waals surface area contributed by atoms with Gasteiger partial charge in [0.05, 0.1) is 6.61 Å². The lowest BCUT2D eigenvalue weighted by Crippen LogP contribution is -2.09. The Bertz CT molecular complexity index is 336. The monoisotopic (exact) mass is 303 g/mol. The van der Waals surface area contributed by atoms with Gasteiger partial charge in [0.15, 0.2) is 0 Å². The molecule has 0 saturated carbocycles. The summed E-state index contributed by atoms with van der Waals surface area (Å²) in [6.45, 7) is 6.65. The van der Waals surface area contributed by atoms with Crippen molar-refractivity contribution >= 4 is 21.7 Å². The van der Waals surface area contributed by atoms with Crippen molar-refractivity contribution in [3.05, 3.63) is 10.8 Å². The third-order valence-electron chi connectivity index (χ3n) is 1.97. The Morgan fingerprint density at radius 3 is 2.82 bits per heavy atom. The Morgan fingerprint density at radius 2 is 2.12 bits per heavy atom. The lowest BCUT2D eigenvalue weighted by atomic mass is 10.4. The van der Waals surface area contributed by atoms with Crippen LogP contribution in [0.5, 0.6) is 5.88 Å². The summed E-state index contributed by atoms with van der Waals surface area (Å²) in [5.41, 5.74) is 0. The van der Waals surface area contributed by atoms with Crippen LogP contribution < -0.4 is 10.1 Å². The number of hydrogen-bond acceptors (Lipinski definition) is 5. The zero-order valence-corrected chi connectivity index (χ0v) is 11.8. The van der Waals surface area contributed by atoms with Crippen LogP contribution in [0.4, 0.5) is 5.82 Å². The molecule has 0 bridgehead atoms. The third-order valence-corrected chi connectivity index (χ3v) is 2.69. The van der Waals surface area contributed by atoms with Gasteiger partial charge in [-0.05, 0) is 29.3 Å². The van der Waals surface area contributed by atoms with E-state index in [0.29, 0.717) is 25.7 Å². The molecule has 0 spiro atoms. The predicted molar refractivity (Wildman–Crippen MR) is 70.5 cm³/mol. The van der Waals surface area contributed by atoms with Crippen molar-refractivity contribution in [3.8, 4) is 5.88 Å². The topological polar surface area (TPSA) is 56.3 Å². The van der Waals surface area contributed by atoms with Crippen LogP contribution in [0.25, 0.3) is 0 Å². The molecule has 0 atom stereocenters. The van der Waals surface area contributed by atoms with Gasteiger partial charge in [-0.1, -0.05) is 6.92 Å².